The number of aliphatic hydroxyl groups is 1. The number of carbonyl (C=O) groups is 1. The summed E-state index contributed by atoms with van der Waals surface area (Å²) in [6.07, 6.45) is 2.50. The molecule has 0 radical (unpaired) electrons. The number of rotatable bonds is 5. The molecule has 0 heterocycles. The molecule has 0 aromatic heterocycles. The van der Waals surface area contributed by atoms with Crippen LogP contribution in [0.2, 0.25) is 0 Å². The van der Waals surface area contributed by atoms with E-state index in [9.17, 15) is 9.90 Å². The Kier molecular flexibility index (Phi) is 5.82. The highest BCUT2D eigenvalue weighted by molar-refractivity contribution is 5.85. The maximum Gasteiger partial charge on any atom is 0.252 e. The molecule has 1 aliphatic rings. The third kappa shape index (κ3) is 4.12. The van der Waals surface area contributed by atoms with Gasteiger partial charge in [-0.2, -0.15) is 0 Å². The largest absolute Gasteiger partial charge is 0.380 e. The van der Waals surface area contributed by atoms with Crippen LogP contribution in [0, 0.1) is 17.8 Å². The van der Waals surface area contributed by atoms with E-state index >= 15 is 0 Å². The van der Waals surface area contributed by atoms with Gasteiger partial charge in [0.15, 0.2) is 0 Å². The molecule has 4 heteroatoms. The Bertz CT molecular complexity index is 517. The van der Waals surface area contributed by atoms with Crippen molar-refractivity contribution in [1.82, 2.24) is 5.32 Å². The van der Waals surface area contributed by atoms with Crippen molar-refractivity contribution in [3.05, 3.63) is 35.9 Å². The first kappa shape index (κ1) is 18.0. The van der Waals surface area contributed by atoms with Crippen LogP contribution in [0.3, 0.4) is 0 Å². The minimum absolute atomic E-state index is 0.00616. The van der Waals surface area contributed by atoms with Crippen molar-refractivity contribution >= 4 is 5.91 Å². The fraction of sp³-hybridized carbons (Fsp3) is 0.632. The predicted molar refractivity (Wildman–Crippen MR) is 92.7 cm³/mol. The number of nitrogens with one attached hydrogen (secondary N) is 1. The molecule has 1 aliphatic carbocycles. The van der Waals surface area contributed by atoms with Crippen molar-refractivity contribution in [3.63, 3.8) is 0 Å². The molecular formula is C19H30N2O2. The SMILES string of the molecule is CC(C)[C@@H]1CC[C@@H](C)C[C@@]1(O)C(=O)NC[C@@H](N)c1ccccc1. The molecule has 0 spiro atoms. The average molecular weight is 318 g/mol. The summed E-state index contributed by atoms with van der Waals surface area (Å²) in [6, 6.07) is 9.44. The molecule has 1 aromatic carbocycles. The maximum atomic E-state index is 12.7. The van der Waals surface area contributed by atoms with Crippen LogP contribution in [-0.4, -0.2) is 23.2 Å². The number of hydrogen-bond donors (Lipinski definition) is 3. The smallest absolute Gasteiger partial charge is 0.252 e. The number of benzene rings is 1. The summed E-state index contributed by atoms with van der Waals surface area (Å²) in [5.74, 6) is 0.380. The lowest BCUT2D eigenvalue weighted by Gasteiger charge is -2.43. The Hall–Kier alpha value is -1.39. The second-order valence-electron chi connectivity index (χ2n) is 7.39. The zero-order valence-electron chi connectivity index (χ0n) is 14.5. The zero-order valence-corrected chi connectivity index (χ0v) is 14.5. The monoisotopic (exact) mass is 318 g/mol. The molecule has 1 fully saturated rings. The summed E-state index contributed by atoms with van der Waals surface area (Å²) >= 11 is 0. The number of carbonyl (C=O) groups excluding carboxylic acids is 1. The van der Waals surface area contributed by atoms with Crippen molar-refractivity contribution in [2.75, 3.05) is 6.54 Å². The van der Waals surface area contributed by atoms with Gasteiger partial charge in [-0.1, -0.05) is 57.5 Å². The maximum absolute atomic E-state index is 12.7. The molecule has 0 unspecified atom stereocenters. The van der Waals surface area contributed by atoms with Gasteiger partial charge >= 0.3 is 0 Å². The molecule has 128 valence electrons. The van der Waals surface area contributed by atoms with Crippen LogP contribution in [0.5, 0.6) is 0 Å². The second kappa shape index (κ2) is 7.45. The van der Waals surface area contributed by atoms with E-state index in [4.69, 9.17) is 5.73 Å². The van der Waals surface area contributed by atoms with Gasteiger partial charge in [0.1, 0.15) is 5.60 Å². The highest BCUT2D eigenvalue weighted by atomic mass is 16.3. The van der Waals surface area contributed by atoms with E-state index in [1.807, 2.05) is 30.3 Å². The van der Waals surface area contributed by atoms with Crippen LogP contribution in [0.15, 0.2) is 30.3 Å². The van der Waals surface area contributed by atoms with Gasteiger partial charge < -0.3 is 16.2 Å². The van der Waals surface area contributed by atoms with Crippen molar-refractivity contribution in [2.45, 2.75) is 51.7 Å². The first-order valence-corrected chi connectivity index (χ1v) is 8.65. The van der Waals surface area contributed by atoms with Crippen LogP contribution in [0.4, 0.5) is 0 Å². The molecule has 0 aliphatic heterocycles. The Morgan fingerprint density at radius 3 is 2.61 bits per heavy atom. The summed E-state index contributed by atoms with van der Waals surface area (Å²) < 4.78 is 0. The first-order valence-electron chi connectivity index (χ1n) is 8.65. The lowest BCUT2D eigenvalue weighted by Crippen LogP contribution is -2.57. The molecule has 1 aromatic rings. The van der Waals surface area contributed by atoms with Crippen LogP contribution in [0.25, 0.3) is 0 Å². The van der Waals surface area contributed by atoms with E-state index in [0.717, 1.165) is 18.4 Å². The van der Waals surface area contributed by atoms with E-state index in [1.165, 1.54) is 0 Å². The van der Waals surface area contributed by atoms with Crippen molar-refractivity contribution in [1.29, 1.82) is 0 Å². The minimum atomic E-state index is -1.28. The Morgan fingerprint density at radius 2 is 2.00 bits per heavy atom. The fourth-order valence-electron chi connectivity index (χ4n) is 3.81. The molecule has 1 amide bonds. The van der Waals surface area contributed by atoms with E-state index in [-0.39, 0.29) is 23.8 Å². The van der Waals surface area contributed by atoms with Gasteiger partial charge in [0.05, 0.1) is 0 Å². The molecule has 4 N–H and O–H groups in total. The number of hydrogen-bond acceptors (Lipinski definition) is 3. The third-order valence-corrected chi connectivity index (χ3v) is 5.15. The second-order valence-corrected chi connectivity index (χ2v) is 7.39. The van der Waals surface area contributed by atoms with Gasteiger partial charge in [0.2, 0.25) is 0 Å². The quantitative estimate of drug-likeness (QED) is 0.781. The zero-order chi connectivity index (χ0) is 17.0. The van der Waals surface area contributed by atoms with E-state index < -0.39 is 5.60 Å². The summed E-state index contributed by atoms with van der Waals surface area (Å²) in [5.41, 5.74) is 5.85. The lowest BCUT2D eigenvalue weighted by atomic mass is 9.66. The van der Waals surface area contributed by atoms with Crippen molar-refractivity contribution < 1.29 is 9.90 Å². The van der Waals surface area contributed by atoms with Crippen LogP contribution in [-0.2, 0) is 4.79 Å². The standard InChI is InChI=1S/C19H30N2O2/c1-13(2)16-10-9-14(3)11-19(16,23)18(22)21-12-17(20)15-7-5-4-6-8-15/h4-8,13-14,16-17,23H,9-12,20H2,1-3H3,(H,21,22)/t14-,16+,17-,19+/m1/s1. The molecule has 1 saturated carbocycles. The first-order chi connectivity index (χ1) is 10.8. The van der Waals surface area contributed by atoms with Crippen molar-refractivity contribution in [3.8, 4) is 0 Å². The van der Waals surface area contributed by atoms with Gasteiger partial charge in [-0.05, 0) is 36.2 Å². The van der Waals surface area contributed by atoms with Crippen LogP contribution >= 0.6 is 0 Å². The van der Waals surface area contributed by atoms with Crippen LogP contribution < -0.4 is 11.1 Å². The molecule has 2 rings (SSSR count). The van der Waals surface area contributed by atoms with Gasteiger partial charge in [-0.3, -0.25) is 4.79 Å². The Labute approximate surface area is 139 Å². The third-order valence-electron chi connectivity index (χ3n) is 5.15. The predicted octanol–water partition coefficient (Wildman–Crippen LogP) is 2.63. The van der Waals surface area contributed by atoms with Gasteiger partial charge in [-0.15, -0.1) is 0 Å². The summed E-state index contributed by atoms with van der Waals surface area (Å²) in [4.78, 5) is 12.7. The molecule has 4 nitrogen and oxygen atoms in total. The summed E-state index contributed by atoms with van der Waals surface area (Å²) in [6.45, 7) is 6.60. The fourth-order valence-corrected chi connectivity index (χ4v) is 3.81. The van der Waals surface area contributed by atoms with E-state index in [1.54, 1.807) is 0 Å². The molecular weight excluding hydrogens is 288 g/mol. The van der Waals surface area contributed by atoms with Gasteiger partial charge in [0, 0.05) is 12.6 Å². The number of amides is 1. The summed E-state index contributed by atoms with van der Waals surface area (Å²) in [7, 11) is 0. The Morgan fingerprint density at radius 1 is 1.35 bits per heavy atom. The number of nitrogens with two attached hydrogens (primary N) is 1. The van der Waals surface area contributed by atoms with Crippen molar-refractivity contribution in [2.24, 2.45) is 23.5 Å². The van der Waals surface area contributed by atoms with Gasteiger partial charge in [-0.25, -0.2) is 0 Å². The summed E-state index contributed by atoms with van der Waals surface area (Å²) in [5, 5.41) is 14.0. The minimum Gasteiger partial charge on any atom is -0.380 e. The van der Waals surface area contributed by atoms with Crippen LogP contribution in [0.1, 0.15) is 51.6 Å². The highest BCUT2D eigenvalue weighted by Crippen LogP contribution is 2.41. The normalized spacial score (nSPS) is 29.3. The molecule has 0 bridgehead atoms. The Balaban J connectivity index is 2.02. The highest BCUT2D eigenvalue weighted by Gasteiger charge is 2.48. The topological polar surface area (TPSA) is 75.3 Å². The lowest BCUT2D eigenvalue weighted by molar-refractivity contribution is -0.155. The average Bonchev–Trinajstić information content (AvgIpc) is 2.52. The molecule has 0 saturated heterocycles. The van der Waals surface area contributed by atoms with E-state index in [2.05, 4.69) is 26.1 Å². The molecule has 4 atom stereocenters. The molecule has 23 heavy (non-hydrogen) atoms. The van der Waals surface area contributed by atoms with E-state index in [0.29, 0.717) is 18.9 Å². The van der Waals surface area contributed by atoms with Gasteiger partial charge in [0.25, 0.3) is 5.91 Å².